The van der Waals surface area contributed by atoms with Crippen LogP contribution in [0.25, 0.3) is 22.8 Å². The van der Waals surface area contributed by atoms with Crippen LogP contribution in [0.4, 0.5) is 18.9 Å². The molecule has 1 aliphatic rings. The summed E-state index contributed by atoms with van der Waals surface area (Å²) in [4.78, 5) is 20.5. The number of carbonyl (C=O) groups is 1. The lowest BCUT2D eigenvalue weighted by Gasteiger charge is -2.28. The first-order valence-corrected chi connectivity index (χ1v) is 11.4. The molecule has 4 aromatic heterocycles. The van der Waals surface area contributed by atoms with Crippen molar-refractivity contribution in [1.29, 1.82) is 0 Å². The number of nitrogens with zero attached hydrogens (tertiary/aromatic N) is 5. The number of anilines is 1. The molecular weight excluding hydrogens is 479 g/mol. The van der Waals surface area contributed by atoms with Gasteiger partial charge in [0.2, 0.25) is 11.8 Å². The van der Waals surface area contributed by atoms with E-state index >= 15 is 0 Å². The number of halogens is 3. The monoisotopic (exact) mass is 501 g/mol. The molecule has 10 nitrogen and oxygen atoms in total. The second-order valence-electron chi connectivity index (χ2n) is 8.33. The average molecular weight is 501 g/mol. The van der Waals surface area contributed by atoms with E-state index in [0.29, 0.717) is 18.2 Å². The molecule has 0 unspecified atom stereocenters. The van der Waals surface area contributed by atoms with Gasteiger partial charge in [0.25, 0.3) is 5.91 Å². The largest absolute Gasteiger partial charge is 0.444 e. The minimum Gasteiger partial charge on any atom is -0.444 e. The number of rotatable bonds is 7. The topological polar surface area (TPSA) is 124 Å². The first-order chi connectivity index (χ1) is 17.4. The number of pyridine rings is 1. The minimum absolute atomic E-state index is 0.0548. The summed E-state index contributed by atoms with van der Waals surface area (Å²) in [7, 11) is 0. The van der Waals surface area contributed by atoms with Gasteiger partial charge in [-0.25, -0.2) is 18.7 Å². The van der Waals surface area contributed by atoms with Gasteiger partial charge in [0.15, 0.2) is 17.3 Å². The van der Waals surface area contributed by atoms with Crippen molar-refractivity contribution < 1.29 is 27.1 Å². The van der Waals surface area contributed by atoms with Crippen LogP contribution in [-0.4, -0.2) is 48.6 Å². The maximum absolute atomic E-state index is 14.6. The van der Waals surface area contributed by atoms with Gasteiger partial charge >= 0.3 is 0 Å². The smallest absolute Gasteiger partial charge is 0.277 e. The Morgan fingerprint density at radius 2 is 2.00 bits per heavy atom. The lowest BCUT2D eigenvalue weighted by Crippen LogP contribution is -2.24. The molecule has 1 amide bonds. The fraction of sp³-hybridized carbons (Fsp3) is 0.348. The lowest BCUT2D eigenvalue weighted by molar-refractivity contribution is 0.0260. The van der Waals surface area contributed by atoms with Crippen LogP contribution >= 0.6 is 0 Å². The number of H-pyrrole nitrogens is 1. The molecule has 1 saturated carbocycles. The molecule has 2 N–H and O–H groups in total. The zero-order valence-electron chi connectivity index (χ0n) is 19.2. The maximum Gasteiger partial charge on any atom is 0.277 e. The van der Waals surface area contributed by atoms with E-state index < -0.39 is 29.2 Å². The van der Waals surface area contributed by atoms with Gasteiger partial charge in [-0.2, -0.15) is 14.6 Å². The molecular formula is C23H22F3N7O3. The molecule has 0 atom stereocenters. The summed E-state index contributed by atoms with van der Waals surface area (Å²) in [5, 5.41) is 13.5. The Balaban J connectivity index is 1.45. The van der Waals surface area contributed by atoms with Gasteiger partial charge in [-0.3, -0.25) is 14.6 Å². The van der Waals surface area contributed by atoms with Gasteiger partial charge in [0.1, 0.15) is 17.7 Å². The average Bonchev–Trinajstić information content (AvgIpc) is 3.63. The Kier molecular flexibility index (Phi) is 6.55. The Labute approximate surface area is 202 Å². The molecule has 188 valence electrons. The highest BCUT2D eigenvalue weighted by molar-refractivity contribution is 6.04. The van der Waals surface area contributed by atoms with Crippen molar-refractivity contribution in [1.82, 2.24) is 29.9 Å². The zero-order chi connectivity index (χ0) is 25.2. The third kappa shape index (κ3) is 4.73. The van der Waals surface area contributed by atoms with E-state index in [1.807, 2.05) is 6.92 Å². The molecule has 0 radical (unpaired) electrons. The third-order valence-corrected chi connectivity index (χ3v) is 5.99. The Morgan fingerprint density at radius 1 is 1.19 bits per heavy atom. The van der Waals surface area contributed by atoms with Crippen LogP contribution in [0, 0.1) is 17.6 Å². The normalized spacial score (nSPS) is 17.9. The first-order valence-electron chi connectivity index (χ1n) is 11.4. The van der Waals surface area contributed by atoms with Crippen molar-refractivity contribution in [3.8, 4) is 22.8 Å². The number of nitrogens with one attached hydrogen (secondary N) is 2. The van der Waals surface area contributed by atoms with Crippen LogP contribution in [0.3, 0.4) is 0 Å². The highest BCUT2D eigenvalue weighted by atomic mass is 19.2. The van der Waals surface area contributed by atoms with E-state index in [9.17, 15) is 18.0 Å². The standard InChI is InChI=1S/C23H22F3N7O3/c1-2-35-14-5-3-13(4-6-14)33-10-17(20(32-33)19-15(24)7-16(25)21(26)31-19)29-22(34)18-11-36-23(30-18)12-8-27-28-9-12/h7-11,13-14H,2-6H2,1H3,(H,27,28)(H,29,34). The van der Waals surface area contributed by atoms with Crippen molar-refractivity contribution in [2.75, 3.05) is 11.9 Å². The number of oxazole rings is 1. The van der Waals surface area contributed by atoms with E-state index in [0.717, 1.165) is 31.9 Å². The molecule has 0 saturated heterocycles. The SMILES string of the molecule is CCOC1CCC(n2cc(NC(=O)c3coc(-c4cn[nH]c4)n3)c(-c3nc(F)c(F)cc3F)n2)CC1. The van der Waals surface area contributed by atoms with Gasteiger partial charge in [0.05, 0.1) is 29.6 Å². The molecule has 13 heteroatoms. The quantitative estimate of drug-likeness (QED) is 0.357. The third-order valence-electron chi connectivity index (χ3n) is 5.99. The summed E-state index contributed by atoms with van der Waals surface area (Å²) in [6, 6.07) is 0.337. The molecule has 0 spiro atoms. The van der Waals surface area contributed by atoms with Gasteiger partial charge in [-0.15, -0.1) is 0 Å². The summed E-state index contributed by atoms with van der Waals surface area (Å²) in [6.45, 7) is 2.57. The second kappa shape index (κ2) is 9.93. The van der Waals surface area contributed by atoms with Crippen molar-refractivity contribution in [2.45, 2.75) is 44.8 Å². The number of aromatic nitrogens is 6. The Hall–Kier alpha value is -4.00. The number of amides is 1. The zero-order valence-corrected chi connectivity index (χ0v) is 19.2. The van der Waals surface area contributed by atoms with E-state index in [-0.39, 0.29) is 35.1 Å². The molecule has 36 heavy (non-hydrogen) atoms. The van der Waals surface area contributed by atoms with E-state index in [1.54, 1.807) is 10.9 Å². The predicted molar refractivity (Wildman–Crippen MR) is 120 cm³/mol. The van der Waals surface area contributed by atoms with Crippen LogP contribution in [0.5, 0.6) is 0 Å². The summed E-state index contributed by atoms with van der Waals surface area (Å²) in [5.41, 5.74) is -0.105. The van der Waals surface area contributed by atoms with Crippen LogP contribution < -0.4 is 5.32 Å². The summed E-state index contributed by atoms with van der Waals surface area (Å²) in [5.74, 6) is -4.51. The van der Waals surface area contributed by atoms with E-state index in [4.69, 9.17) is 9.15 Å². The first kappa shape index (κ1) is 23.7. The van der Waals surface area contributed by atoms with E-state index in [2.05, 4.69) is 30.6 Å². The molecule has 1 aliphatic carbocycles. The van der Waals surface area contributed by atoms with Crippen molar-refractivity contribution in [3.05, 3.63) is 54.2 Å². The Morgan fingerprint density at radius 3 is 2.72 bits per heavy atom. The molecule has 1 fully saturated rings. The summed E-state index contributed by atoms with van der Waals surface area (Å²) in [6.07, 6.45) is 8.97. The minimum atomic E-state index is -1.48. The molecule has 0 aliphatic heterocycles. The van der Waals surface area contributed by atoms with Gasteiger partial charge in [-0.1, -0.05) is 0 Å². The highest BCUT2D eigenvalue weighted by Crippen LogP contribution is 2.34. The van der Waals surface area contributed by atoms with Crippen molar-refractivity contribution in [2.24, 2.45) is 0 Å². The van der Waals surface area contributed by atoms with Gasteiger partial charge in [-0.05, 0) is 32.6 Å². The summed E-state index contributed by atoms with van der Waals surface area (Å²) < 4.78 is 54.6. The Bertz CT molecular complexity index is 1360. The van der Waals surface area contributed by atoms with Gasteiger partial charge in [0, 0.05) is 25.1 Å². The van der Waals surface area contributed by atoms with Crippen LogP contribution in [0.1, 0.15) is 49.1 Å². The predicted octanol–water partition coefficient (Wildman–Crippen LogP) is 4.51. The van der Waals surface area contributed by atoms with Crippen LogP contribution in [0.2, 0.25) is 0 Å². The molecule has 4 heterocycles. The number of aromatic amines is 1. The lowest BCUT2D eigenvalue weighted by atomic mass is 9.93. The number of hydrogen-bond donors (Lipinski definition) is 2. The molecule has 0 bridgehead atoms. The maximum atomic E-state index is 14.6. The molecule has 5 rings (SSSR count). The van der Waals surface area contributed by atoms with Crippen molar-refractivity contribution in [3.63, 3.8) is 0 Å². The fourth-order valence-electron chi connectivity index (χ4n) is 4.23. The number of carbonyl (C=O) groups excluding carboxylic acids is 1. The van der Waals surface area contributed by atoms with Crippen LogP contribution in [-0.2, 0) is 4.74 Å². The molecule has 0 aromatic carbocycles. The van der Waals surface area contributed by atoms with E-state index in [1.165, 1.54) is 12.4 Å². The fourth-order valence-corrected chi connectivity index (χ4v) is 4.23. The second-order valence-corrected chi connectivity index (χ2v) is 8.33. The number of ether oxygens (including phenoxy) is 1. The van der Waals surface area contributed by atoms with Crippen molar-refractivity contribution >= 4 is 11.6 Å². The van der Waals surface area contributed by atoms with Crippen LogP contribution in [0.15, 0.2) is 35.3 Å². The number of hydrogen-bond acceptors (Lipinski definition) is 7. The molecule has 4 aromatic rings. The van der Waals surface area contributed by atoms with Gasteiger partial charge < -0.3 is 14.5 Å². The highest BCUT2D eigenvalue weighted by Gasteiger charge is 2.27. The summed E-state index contributed by atoms with van der Waals surface area (Å²) >= 11 is 0.